The van der Waals surface area contributed by atoms with Crippen LogP contribution >= 0.6 is 15.9 Å². The van der Waals surface area contributed by atoms with Crippen LogP contribution in [0.4, 0.5) is 0 Å². The first-order valence-corrected chi connectivity index (χ1v) is 7.54. The summed E-state index contributed by atoms with van der Waals surface area (Å²) >= 11 is 3.70. The smallest absolute Gasteiger partial charge is 0.0690 e. The van der Waals surface area contributed by atoms with E-state index in [1.54, 1.807) is 0 Å². The second-order valence-electron chi connectivity index (χ2n) is 6.00. The van der Waals surface area contributed by atoms with Crippen molar-refractivity contribution < 1.29 is 5.11 Å². The highest BCUT2D eigenvalue weighted by Gasteiger charge is 2.40. The largest absolute Gasteiger partial charge is 0.390 e. The Balaban J connectivity index is 1.76. The van der Waals surface area contributed by atoms with Gasteiger partial charge in [0.15, 0.2) is 0 Å². The van der Waals surface area contributed by atoms with E-state index < -0.39 is 5.60 Å². The molecule has 0 aromatic heterocycles. The maximum absolute atomic E-state index is 9.97. The molecule has 1 saturated carbocycles. The fourth-order valence-corrected chi connectivity index (χ4v) is 3.65. The lowest BCUT2D eigenvalue weighted by Crippen LogP contribution is -2.14. The molecule has 1 unspecified atom stereocenters. The van der Waals surface area contributed by atoms with Crippen LogP contribution in [0.3, 0.4) is 0 Å². The summed E-state index contributed by atoms with van der Waals surface area (Å²) in [6, 6.07) is 6.63. The van der Waals surface area contributed by atoms with E-state index in [0.29, 0.717) is 5.92 Å². The van der Waals surface area contributed by atoms with Gasteiger partial charge in [0.1, 0.15) is 0 Å². The third-order valence-corrected chi connectivity index (χ3v) is 4.94. The molecule has 1 aromatic rings. The van der Waals surface area contributed by atoms with Gasteiger partial charge in [-0.15, -0.1) is 0 Å². The molecule has 1 saturated heterocycles. The molecule has 98 valence electrons. The molecular formula is C15H20BrNO. The Morgan fingerprint density at radius 3 is 2.78 bits per heavy atom. The highest BCUT2D eigenvalue weighted by Crippen LogP contribution is 2.39. The van der Waals surface area contributed by atoms with Gasteiger partial charge >= 0.3 is 0 Å². The number of halogens is 1. The van der Waals surface area contributed by atoms with Crippen molar-refractivity contribution >= 4 is 15.9 Å². The predicted octanol–water partition coefficient (Wildman–Crippen LogP) is 2.94. The quantitative estimate of drug-likeness (QED) is 0.928. The molecule has 0 amide bonds. The van der Waals surface area contributed by atoms with Crippen LogP contribution in [-0.2, 0) is 6.42 Å². The minimum Gasteiger partial charge on any atom is -0.390 e. The first-order chi connectivity index (χ1) is 8.56. The molecule has 1 aliphatic heterocycles. The summed E-state index contributed by atoms with van der Waals surface area (Å²) in [7, 11) is 2.19. The molecule has 3 heteroatoms. The SMILES string of the molecule is CN1CCC(c2ccc(CC3(O)CC3)cc2Br)C1. The summed E-state index contributed by atoms with van der Waals surface area (Å²) in [4.78, 5) is 2.39. The molecule has 1 aromatic carbocycles. The zero-order valence-electron chi connectivity index (χ0n) is 10.8. The van der Waals surface area contributed by atoms with E-state index in [4.69, 9.17) is 0 Å². The second-order valence-corrected chi connectivity index (χ2v) is 6.86. The molecule has 18 heavy (non-hydrogen) atoms. The van der Waals surface area contributed by atoms with Gasteiger partial charge in [-0.2, -0.15) is 0 Å². The standard InChI is InChI=1S/C15H20BrNO/c1-17-7-4-12(10-17)13-3-2-11(8-14(13)16)9-15(18)5-6-15/h2-3,8,12,18H,4-7,9-10H2,1H3. The Kier molecular flexibility index (Phi) is 3.25. The topological polar surface area (TPSA) is 23.5 Å². The van der Waals surface area contributed by atoms with Crippen molar-refractivity contribution in [3.63, 3.8) is 0 Å². The van der Waals surface area contributed by atoms with E-state index in [1.165, 1.54) is 28.6 Å². The Hall–Kier alpha value is -0.380. The average molecular weight is 310 g/mol. The van der Waals surface area contributed by atoms with Crippen LogP contribution in [0.15, 0.2) is 22.7 Å². The highest BCUT2D eigenvalue weighted by atomic mass is 79.9. The van der Waals surface area contributed by atoms with Crippen molar-refractivity contribution in [2.45, 2.75) is 37.2 Å². The van der Waals surface area contributed by atoms with Crippen LogP contribution < -0.4 is 0 Å². The van der Waals surface area contributed by atoms with Crippen molar-refractivity contribution in [3.05, 3.63) is 33.8 Å². The summed E-state index contributed by atoms with van der Waals surface area (Å²) in [5, 5.41) is 9.97. The lowest BCUT2D eigenvalue weighted by Gasteiger charge is -2.15. The number of likely N-dealkylation sites (tertiary alicyclic amines) is 1. The Bertz CT molecular complexity index is 456. The minimum atomic E-state index is -0.394. The Labute approximate surface area is 117 Å². The summed E-state index contributed by atoms with van der Waals surface area (Å²) < 4.78 is 1.21. The van der Waals surface area contributed by atoms with Crippen molar-refractivity contribution in [1.29, 1.82) is 0 Å². The molecule has 2 aliphatic rings. The van der Waals surface area contributed by atoms with E-state index in [9.17, 15) is 5.11 Å². The van der Waals surface area contributed by atoms with Crippen molar-refractivity contribution in [3.8, 4) is 0 Å². The van der Waals surface area contributed by atoms with E-state index >= 15 is 0 Å². The zero-order chi connectivity index (χ0) is 12.8. The van der Waals surface area contributed by atoms with Crippen molar-refractivity contribution in [1.82, 2.24) is 4.90 Å². The summed E-state index contributed by atoms with van der Waals surface area (Å²) in [5.41, 5.74) is 2.28. The molecule has 2 fully saturated rings. The fourth-order valence-electron chi connectivity index (χ4n) is 2.90. The molecule has 1 N–H and O–H groups in total. The minimum absolute atomic E-state index is 0.394. The van der Waals surface area contributed by atoms with Gasteiger partial charge in [-0.05, 0) is 56.0 Å². The van der Waals surface area contributed by atoms with Crippen LogP contribution in [0.1, 0.15) is 36.3 Å². The highest BCUT2D eigenvalue weighted by molar-refractivity contribution is 9.10. The summed E-state index contributed by atoms with van der Waals surface area (Å²) in [6.07, 6.45) is 3.97. The normalized spacial score (nSPS) is 26.5. The van der Waals surface area contributed by atoms with Gasteiger partial charge in [0.05, 0.1) is 5.60 Å². The predicted molar refractivity (Wildman–Crippen MR) is 76.9 cm³/mol. The maximum atomic E-state index is 9.97. The third kappa shape index (κ3) is 2.63. The maximum Gasteiger partial charge on any atom is 0.0690 e. The molecule has 0 spiro atoms. The fraction of sp³-hybridized carbons (Fsp3) is 0.600. The van der Waals surface area contributed by atoms with Gasteiger partial charge in [0.25, 0.3) is 0 Å². The third-order valence-electron chi connectivity index (χ3n) is 4.26. The number of rotatable bonds is 3. The molecule has 2 nitrogen and oxygen atoms in total. The molecule has 0 bridgehead atoms. The van der Waals surface area contributed by atoms with Crippen LogP contribution in [0, 0.1) is 0 Å². The van der Waals surface area contributed by atoms with Gasteiger partial charge in [0, 0.05) is 17.4 Å². The molecular weight excluding hydrogens is 290 g/mol. The first kappa shape index (κ1) is 12.6. The van der Waals surface area contributed by atoms with Crippen LogP contribution in [0.25, 0.3) is 0 Å². The first-order valence-electron chi connectivity index (χ1n) is 6.75. The van der Waals surface area contributed by atoms with Gasteiger partial charge < -0.3 is 10.0 Å². The van der Waals surface area contributed by atoms with Crippen LogP contribution in [-0.4, -0.2) is 35.7 Å². The Morgan fingerprint density at radius 1 is 1.44 bits per heavy atom. The lowest BCUT2D eigenvalue weighted by molar-refractivity contribution is 0.151. The summed E-state index contributed by atoms with van der Waals surface area (Å²) in [6.45, 7) is 2.35. The van der Waals surface area contributed by atoms with E-state index in [-0.39, 0.29) is 0 Å². The van der Waals surface area contributed by atoms with Crippen LogP contribution in [0.2, 0.25) is 0 Å². The number of benzene rings is 1. The number of hydrogen-bond donors (Lipinski definition) is 1. The zero-order valence-corrected chi connectivity index (χ0v) is 12.4. The molecule has 1 aliphatic carbocycles. The lowest BCUT2D eigenvalue weighted by atomic mass is 9.96. The van der Waals surface area contributed by atoms with E-state index in [1.807, 2.05) is 0 Å². The molecule has 1 heterocycles. The Morgan fingerprint density at radius 2 is 2.22 bits per heavy atom. The van der Waals surface area contributed by atoms with E-state index in [0.717, 1.165) is 25.8 Å². The van der Waals surface area contributed by atoms with Crippen molar-refractivity contribution in [2.75, 3.05) is 20.1 Å². The number of likely N-dealkylation sites (N-methyl/N-ethyl adjacent to an activating group) is 1. The summed E-state index contributed by atoms with van der Waals surface area (Å²) in [5.74, 6) is 0.655. The second kappa shape index (κ2) is 4.62. The van der Waals surface area contributed by atoms with E-state index in [2.05, 4.69) is 46.1 Å². The monoisotopic (exact) mass is 309 g/mol. The van der Waals surface area contributed by atoms with Crippen molar-refractivity contribution in [2.24, 2.45) is 0 Å². The molecule has 1 atom stereocenters. The van der Waals surface area contributed by atoms with Gasteiger partial charge in [-0.1, -0.05) is 28.1 Å². The molecule has 3 rings (SSSR count). The van der Waals surface area contributed by atoms with Gasteiger partial charge in [-0.25, -0.2) is 0 Å². The van der Waals surface area contributed by atoms with Crippen LogP contribution in [0.5, 0.6) is 0 Å². The number of hydrogen-bond acceptors (Lipinski definition) is 2. The number of nitrogens with zero attached hydrogens (tertiary/aromatic N) is 1. The van der Waals surface area contributed by atoms with Gasteiger partial charge in [-0.3, -0.25) is 0 Å². The van der Waals surface area contributed by atoms with Gasteiger partial charge in [0.2, 0.25) is 0 Å². The average Bonchev–Trinajstić information content (AvgIpc) is 2.86. The molecule has 0 radical (unpaired) electrons. The number of aliphatic hydroxyl groups is 1.